The zero-order chi connectivity index (χ0) is 20.4. The Bertz CT molecular complexity index is 587. The Morgan fingerprint density at radius 2 is 2.19 bits per heavy atom. The number of hydrogen-bond acceptors (Lipinski definition) is 4. The number of Topliss-reactive ketones (excluding diaryl/α,β-unsaturated/α-hetero) is 1. The van der Waals surface area contributed by atoms with Gasteiger partial charge in [0.05, 0.1) is 11.7 Å². The van der Waals surface area contributed by atoms with Crippen LogP contribution in [0, 0.1) is 23.7 Å². The first-order valence-electron chi connectivity index (χ1n) is 9.60. The van der Waals surface area contributed by atoms with E-state index in [4.69, 9.17) is 5.11 Å². The van der Waals surface area contributed by atoms with Crippen LogP contribution in [0.4, 0.5) is 4.39 Å². The van der Waals surface area contributed by atoms with Gasteiger partial charge in [0.2, 0.25) is 0 Å². The minimum atomic E-state index is -1.54. The highest BCUT2D eigenvalue weighted by Gasteiger charge is 2.39. The standard InChI is InChI=1S/C21H31FO5/c1-3-4-12-21(2,27)13-6-9-17-16(18(23)14-19(17)24)8-5-7-15(22)10-11-20(25)26/h6,9,15-17,19,24,27H,3-4,8,10-14H2,1-2H3,(H,25,26)/b9-6+/t15?,16-,17-,19-,21?/m1/s1. The molecule has 27 heavy (non-hydrogen) atoms. The molecule has 0 amide bonds. The number of aliphatic carboxylic acids is 1. The molecule has 6 heteroatoms. The monoisotopic (exact) mass is 382 g/mol. The van der Waals surface area contributed by atoms with E-state index in [1.165, 1.54) is 0 Å². The molecule has 0 radical (unpaired) electrons. The molecule has 0 aromatic carbocycles. The highest BCUT2D eigenvalue weighted by atomic mass is 19.1. The quantitative estimate of drug-likeness (QED) is 0.399. The van der Waals surface area contributed by atoms with Crippen molar-refractivity contribution in [3.63, 3.8) is 0 Å². The number of hydrogen-bond donors (Lipinski definition) is 3. The van der Waals surface area contributed by atoms with Gasteiger partial charge < -0.3 is 15.3 Å². The van der Waals surface area contributed by atoms with Gasteiger partial charge >= 0.3 is 5.97 Å². The van der Waals surface area contributed by atoms with Gasteiger partial charge in [-0.15, -0.1) is 0 Å². The van der Waals surface area contributed by atoms with Gasteiger partial charge in [0.15, 0.2) is 6.17 Å². The van der Waals surface area contributed by atoms with Crippen molar-refractivity contribution in [2.24, 2.45) is 11.8 Å². The third-order valence-corrected chi connectivity index (χ3v) is 4.91. The predicted octanol–water partition coefficient (Wildman–Crippen LogP) is 3.04. The maximum atomic E-state index is 13.5. The number of carbonyl (C=O) groups excluding carboxylic acids is 1. The van der Waals surface area contributed by atoms with E-state index in [9.17, 15) is 24.2 Å². The van der Waals surface area contributed by atoms with E-state index < -0.39 is 35.7 Å². The van der Waals surface area contributed by atoms with Gasteiger partial charge in [-0.1, -0.05) is 43.8 Å². The molecule has 0 aromatic rings. The lowest BCUT2D eigenvalue weighted by atomic mass is 9.89. The summed E-state index contributed by atoms with van der Waals surface area (Å²) in [6.45, 7) is 3.83. The Kier molecular flexibility index (Phi) is 9.68. The number of unbranched alkanes of at least 4 members (excludes halogenated alkanes) is 1. The fourth-order valence-corrected chi connectivity index (χ4v) is 3.23. The van der Waals surface area contributed by atoms with Crippen LogP contribution in [0.5, 0.6) is 0 Å². The van der Waals surface area contributed by atoms with Gasteiger partial charge in [0.25, 0.3) is 0 Å². The molecule has 2 unspecified atom stereocenters. The molecule has 1 aliphatic carbocycles. The van der Waals surface area contributed by atoms with E-state index in [1.807, 2.05) is 0 Å². The second-order valence-electron chi connectivity index (χ2n) is 7.58. The van der Waals surface area contributed by atoms with E-state index in [0.717, 1.165) is 12.8 Å². The van der Waals surface area contributed by atoms with Gasteiger partial charge in [-0.2, -0.15) is 0 Å². The molecule has 0 heterocycles. The largest absolute Gasteiger partial charge is 0.481 e. The lowest BCUT2D eigenvalue weighted by molar-refractivity contribution is -0.137. The number of aliphatic hydroxyl groups excluding tert-OH is 1. The van der Waals surface area contributed by atoms with E-state index in [0.29, 0.717) is 12.8 Å². The fourth-order valence-electron chi connectivity index (χ4n) is 3.23. The Balaban J connectivity index is 2.63. The third-order valence-electron chi connectivity index (χ3n) is 4.91. The average Bonchev–Trinajstić information content (AvgIpc) is 2.85. The number of rotatable bonds is 10. The summed E-state index contributed by atoms with van der Waals surface area (Å²) in [5, 5.41) is 29.0. The summed E-state index contributed by atoms with van der Waals surface area (Å²) in [5.41, 5.74) is -0.818. The van der Waals surface area contributed by atoms with Crippen molar-refractivity contribution < 1.29 is 29.3 Å². The maximum absolute atomic E-state index is 13.5. The van der Waals surface area contributed by atoms with Gasteiger partial charge in [0.1, 0.15) is 5.78 Å². The number of alkyl halides is 1. The molecule has 0 aliphatic heterocycles. The molecule has 0 spiro atoms. The van der Waals surface area contributed by atoms with Crippen molar-refractivity contribution in [2.75, 3.05) is 0 Å². The molecular formula is C21H31FO5. The lowest BCUT2D eigenvalue weighted by Crippen LogP contribution is -2.23. The highest BCUT2D eigenvalue weighted by molar-refractivity contribution is 5.85. The normalized spacial score (nSPS) is 25.8. The molecule has 1 aliphatic rings. The van der Waals surface area contributed by atoms with Crippen LogP contribution in [0.25, 0.3) is 0 Å². The first-order chi connectivity index (χ1) is 12.7. The minimum Gasteiger partial charge on any atom is -0.481 e. The first-order valence-corrected chi connectivity index (χ1v) is 9.60. The average molecular weight is 382 g/mol. The van der Waals surface area contributed by atoms with Crippen LogP contribution in [0.15, 0.2) is 12.2 Å². The predicted molar refractivity (Wildman–Crippen MR) is 101 cm³/mol. The summed E-state index contributed by atoms with van der Waals surface area (Å²) in [5.74, 6) is 2.90. The molecule has 0 bridgehead atoms. The summed E-state index contributed by atoms with van der Waals surface area (Å²) in [6.07, 6.45) is 3.98. The number of halogens is 1. The number of aliphatic hydroxyl groups is 2. The summed E-state index contributed by atoms with van der Waals surface area (Å²) < 4.78 is 13.5. The van der Waals surface area contributed by atoms with Crippen LogP contribution in [0.1, 0.15) is 65.2 Å². The van der Waals surface area contributed by atoms with Gasteiger partial charge in [-0.3, -0.25) is 9.59 Å². The second-order valence-corrected chi connectivity index (χ2v) is 7.58. The molecule has 5 nitrogen and oxygen atoms in total. The van der Waals surface area contributed by atoms with Crippen LogP contribution in [0.2, 0.25) is 0 Å². The number of ketones is 1. The molecular weight excluding hydrogens is 351 g/mol. The van der Waals surface area contributed by atoms with Crippen molar-refractivity contribution in [2.45, 2.75) is 83.1 Å². The van der Waals surface area contributed by atoms with E-state index in [-0.39, 0.29) is 31.5 Å². The van der Waals surface area contributed by atoms with Crippen molar-refractivity contribution in [1.29, 1.82) is 0 Å². The molecule has 1 fully saturated rings. The second kappa shape index (κ2) is 11.2. The van der Waals surface area contributed by atoms with Crippen LogP contribution >= 0.6 is 0 Å². The van der Waals surface area contributed by atoms with Crippen LogP contribution < -0.4 is 0 Å². The molecule has 0 saturated heterocycles. The molecule has 1 rings (SSSR count). The van der Waals surface area contributed by atoms with E-state index >= 15 is 0 Å². The molecule has 152 valence electrons. The molecule has 0 aromatic heterocycles. The van der Waals surface area contributed by atoms with Gasteiger partial charge in [0, 0.05) is 37.5 Å². The van der Waals surface area contributed by atoms with E-state index in [2.05, 4.69) is 18.8 Å². The van der Waals surface area contributed by atoms with Crippen molar-refractivity contribution in [1.82, 2.24) is 0 Å². The smallest absolute Gasteiger partial charge is 0.303 e. The minimum absolute atomic E-state index is 0.0473. The SMILES string of the molecule is CCCCC(C)(O)C/C=C/[C@H]1[C@H](O)CC(=O)[C@@H]1CC#CC(F)CCC(=O)O. The van der Waals surface area contributed by atoms with E-state index in [1.54, 1.807) is 19.1 Å². The zero-order valence-corrected chi connectivity index (χ0v) is 16.2. The summed E-state index contributed by atoms with van der Waals surface area (Å²) in [4.78, 5) is 22.5. The summed E-state index contributed by atoms with van der Waals surface area (Å²) >= 11 is 0. The van der Waals surface area contributed by atoms with Crippen molar-refractivity contribution in [3.05, 3.63) is 12.2 Å². The summed E-state index contributed by atoms with van der Waals surface area (Å²) in [6, 6.07) is 0. The topological polar surface area (TPSA) is 94.8 Å². The zero-order valence-electron chi connectivity index (χ0n) is 16.2. The molecule has 1 saturated carbocycles. The Morgan fingerprint density at radius 1 is 1.48 bits per heavy atom. The number of carboxylic acid groups (broad SMARTS) is 1. The molecule has 3 N–H and O–H groups in total. The van der Waals surface area contributed by atoms with Crippen LogP contribution in [-0.4, -0.2) is 44.9 Å². The first kappa shape index (κ1) is 23.3. The van der Waals surface area contributed by atoms with Gasteiger partial charge in [-0.25, -0.2) is 4.39 Å². The number of carbonyl (C=O) groups is 2. The third kappa shape index (κ3) is 8.68. The Hall–Kier alpha value is -1.71. The maximum Gasteiger partial charge on any atom is 0.303 e. The van der Waals surface area contributed by atoms with Crippen LogP contribution in [0.3, 0.4) is 0 Å². The van der Waals surface area contributed by atoms with Crippen molar-refractivity contribution in [3.8, 4) is 11.8 Å². The number of carboxylic acids is 1. The lowest BCUT2D eigenvalue weighted by Gasteiger charge is -2.22. The molecule has 5 atom stereocenters. The fraction of sp³-hybridized carbons (Fsp3) is 0.714. The Morgan fingerprint density at radius 3 is 2.81 bits per heavy atom. The summed E-state index contributed by atoms with van der Waals surface area (Å²) in [7, 11) is 0. The van der Waals surface area contributed by atoms with Crippen LogP contribution in [-0.2, 0) is 9.59 Å². The van der Waals surface area contributed by atoms with Crippen molar-refractivity contribution >= 4 is 11.8 Å². The van der Waals surface area contributed by atoms with Gasteiger partial charge in [-0.05, 0) is 19.8 Å². The highest BCUT2D eigenvalue weighted by Crippen LogP contribution is 2.33. The Labute approximate surface area is 160 Å².